The van der Waals surface area contributed by atoms with E-state index < -0.39 is 0 Å². The summed E-state index contributed by atoms with van der Waals surface area (Å²) in [5, 5.41) is 6.07. The second kappa shape index (κ2) is 10.8. The lowest BCUT2D eigenvalue weighted by Crippen LogP contribution is -2.16. The Hall–Kier alpha value is -3.16. The highest BCUT2D eigenvalue weighted by atomic mass is 32.2. The number of aryl methyl sites for hydroxylation is 3. The molecule has 2 N–H and O–H groups in total. The van der Waals surface area contributed by atoms with E-state index in [0.29, 0.717) is 5.56 Å². The normalized spacial score (nSPS) is 10.9. The Bertz CT molecular complexity index is 1320. The third-order valence-electron chi connectivity index (χ3n) is 5.61. The van der Waals surface area contributed by atoms with Crippen molar-refractivity contribution in [3.05, 3.63) is 82.9 Å². The first kappa shape index (κ1) is 24.0. The number of carbonyl (C=O) groups is 2. The molecular weight excluding hydrogens is 462 g/mol. The van der Waals surface area contributed by atoms with Crippen molar-refractivity contribution in [2.45, 2.75) is 38.0 Å². The number of nitrogens with one attached hydrogen (secondary N) is 2. The average Bonchev–Trinajstić information content (AvgIpc) is 3.25. The minimum Gasteiger partial charge on any atom is -0.325 e. The molecule has 0 saturated heterocycles. The van der Waals surface area contributed by atoms with Gasteiger partial charge < -0.3 is 10.6 Å². The SMILES string of the molecule is CCc1cccc(CC)c1NC(=O)CSc1nc2ccc(NC(=O)c3ccccc3C)cc2s1. The van der Waals surface area contributed by atoms with Crippen LogP contribution in [0.15, 0.2) is 65.0 Å². The third kappa shape index (κ3) is 5.48. The van der Waals surface area contributed by atoms with Crippen molar-refractivity contribution in [1.29, 1.82) is 0 Å². The zero-order valence-corrected chi connectivity index (χ0v) is 21.1. The van der Waals surface area contributed by atoms with Crippen LogP contribution in [0, 0.1) is 6.92 Å². The molecule has 5 nitrogen and oxygen atoms in total. The van der Waals surface area contributed by atoms with Crippen LogP contribution in [0.25, 0.3) is 10.2 Å². The molecule has 1 aromatic heterocycles. The number of nitrogens with zero attached hydrogens (tertiary/aromatic N) is 1. The van der Waals surface area contributed by atoms with E-state index in [0.717, 1.165) is 55.5 Å². The molecule has 4 rings (SSSR count). The fourth-order valence-electron chi connectivity index (χ4n) is 3.77. The standard InChI is InChI=1S/C27H27N3O2S2/c1-4-18-10-8-11-19(5-2)25(18)30-24(31)16-33-27-29-22-14-13-20(15-23(22)34-27)28-26(32)21-12-7-6-9-17(21)3/h6-15H,4-5,16H2,1-3H3,(H,28,32)(H,30,31). The summed E-state index contributed by atoms with van der Waals surface area (Å²) >= 11 is 2.95. The highest BCUT2D eigenvalue weighted by Crippen LogP contribution is 2.32. The van der Waals surface area contributed by atoms with Gasteiger partial charge in [0.15, 0.2) is 4.34 Å². The fourth-order valence-corrected chi connectivity index (χ4v) is 5.68. The van der Waals surface area contributed by atoms with Crippen molar-refractivity contribution < 1.29 is 9.59 Å². The molecule has 0 spiro atoms. The summed E-state index contributed by atoms with van der Waals surface area (Å²) in [7, 11) is 0. The number of hydrogen-bond donors (Lipinski definition) is 2. The van der Waals surface area contributed by atoms with Crippen LogP contribution in [0.3, 0.4) is 0 Å². The van der Waals surface area contributed by atoms with Crippen LogP contribution in [0.4, 0.5) is 11.4 Å². The van der Waals surface area contributed by atoms with E-state index >= 15 is 0 Å². The number of aromatic nitrogens is 1. The topological polar surface area (TPSA) is 71.1 Å². The molecule has 1 heterocycles. The van der Waals surface area contributed by atoms with Crippen LogP contribution >= 0.6 is 23.1 Å². The number of para-hydroxylation sites is 1. The Labute approximate surface area is 208 Å². The molecule has 0 unspecified atom stereocenters. The Morgan fingerprint density at radius 2 is 1.68 bits per heavy atom. The number of benzene rings is 3. The molecule has 0 aliphatic rings. The number of thiazole rings is 1. The van der Waals surface area contributed by atoms with E-state index in [9.17, 15) is 9.59 Å². The summed E-state index contributed by atoms with van der Waals surface area (Å²) in [6, 6.07) is 19.4. The van der Waals surface area contributed by atoms with Gasteiger partial charge in [-0.25, -0.2) is 4.98 Å². The number of hydrogen-bond acceptors (Lipinski definition) is 5. The maximum Gasteiger partial charge on any atom is 0.255 e. The van der Waals surface area contributed by atoms with Gasteiger partial charge in [0.1, 0.15) is 0 Å². The molecule has 34 heavy (non-hydrogen) atoms. The zero-order valence-electron chi connectivity index (χ0n) is 19.5. The number of anilines is 2. The van der Waals surface area contributed by atoms with Crippen molar-refractivity contribution in [3.8, 4) is 0 Å². The van der Waals surface area contributed by atoms with Gasteiger partial charge in [-0.3, -0.25) is 9.59 Å². The van der Waals surface area contributed by atoms with Gasteiger partial charge in [-0.2, -0.15) is 0 Å². The highest BCUT2D eigenvalue weighted by Gasteiger charge is 2.13. The molecule has 0 aliphatic carbocycles. The van der Waals surface area contributed by atoms with Crippen LogP contribution in [0.2, 0.25) is 0 Å². The Morgan fingerprint density at radius 1 is 0.941 bits per heavy atom. The van der Waals surface area contributed by atoms with Crippen LogP contribution in [0.1, 0.15) is 40.9 Å². The molecule has 7 heteroatoms. The van der Waals surface area contributed by atoms with E-state index in [4.69, 9.17) is 0 Å². The summed E-state index contributed by atoms with van der Waals surface area (Å²) in [6.45, 7) is 6.11. The van der Waals surface area contributed by atoms with Gasteiger partial charge >= 0.3 is 0 Å². The summed E-state index contributed by atoms with van der Waals surface area (Å²) in [4.78, 5) is 29.9. The Balaban J connectivity index is 1.41. The largest absolute Gasteiger partial charge is 0.325 e. The second-order valence-electron chi connectivity index (χ2n) is 7.93. The average molecular weight is 490 g/mol. The van der Waals surface area contributed by atoms with Crippen LogP contribution in [0.5, 0.6) is 0 Å². The lowest BCUT2D eigenvalue weighted by Gasteiger charge is -2.14. The van der Waals surface area contributed by atoms with Gasteiger partial charge in [0.25, 0.3) is 5.91 Å². The first-order chi connectivity index (χ1) is 16.5. The monoisotopic (exact) mass is 489 g/mol. The molecule has 174 valence electrons. The molecule has 0 fully saturated rings. The van der Waals surface area contributed by atoms with Crippen LogP contribution < -0.4 is 10.6 Å². The lowest BCUT2D eigenvalue weighted by molar-refractivity contribution is -0.113. The van der Waals surface area contributed by atoms with Gasteiger partial charge in [0.05, 0.1) is 16.0 Å². The summed E-state index contributed by atoms with van der Waals surface area (Å²) < 4.78 is 1.79. The van der Waals surface area contributed by atoms with Crippen molar-refractivity contribution in [1.82, 2.24) is 4.98 Å². The van der Waals surface area contributed by atoms with Crippen LogP contribution in [-0.2, 0) is 17.6 Å². The van der Waals surface area contributed by atoms with E-state index in [2.05, 4.69) is 41.6 Å². The van der Waals surface area contributed by atoms with Crippen molar-refractivity contribution in [3.63, 3.8) is 0 Å². The summed E-state index contributed by atoms with van der Waals surface area (Å²) in [6.07, 6.45) is 1.74. The van der Waals surface area contributed by atoms with Gasteiger partial charge in [0, 0.05) is 16.9 Å². The van der Waals surface area contributed by atoms with Gasteiger partial charge in [0.2, 0.25) is 5.91 Å². The Morgan fingerprint density at radius 3 is 2.38 bits per heavy atom. The van der Waals surface area contributed by atoms with Gasteiger partial charge in [-0.1, -0.05) is 62.0 Å². The predicted molar refractivity (Wildman–Crippen MR) is 143 cm³/mol. The van der Waals surface area contributed by atoms with Crippen molar-refractivity contribution in [2.24, 2.45) is 0 Å². The number of fused-ring (bicyclic) bond motifs is 1. The van der Waals surface area contributed by atoms with E-state index in [-0.39, 0.29) is 17.6 Å². The first-order valence-electron chi connectivity index (χ1n) is 11.3. The number of thioether (sulfide) groups is 1. The Kier molecular flexibility index (Phi) is 7.65. The zero-order chi connectivity index (χ0) is 24.1. The molecule has 0 radical (unpaired) electrons. The predicted octanol–water partition coefficient (Wildman–Crippen LogP) is 6.71. The quantitative estimate of drug-likeness (QED) is 0.270. The van der Waals surface area contributed by atoms with E-state index in [1.54, 1.807) is 0 Å². The molecule has 0 saturated carbocycles. The number of rotatable bonds is 8. The highest BCUT2D eigenvalue weighted by molar-refractivity contribution is 8.01. The maximum absolute atomic E-state index is 12.7. The first-order valence-corrected chi connectivity index (χ1v) is 13.1. The van der Waals surface area contributed by atoms with Crippen molar-refractivity contribution in [2.75, 3.05) is 16.4 Å². The lowest BCUT2D eigenvalue weighted by atomic mass is 10.0. The van der Waals surface area contributed by atoms with Gasteiger partial charge in [-0.05, 0) is 60.7 Å². The maximum atomic E-state index is 12.7. The van der Waals surface area contributed by atoms with Gasteiger partial charge in [-0.15, -0.1) is 11.3 Å². The summed E-state index contributed by atoms with van der Waals surface area (Å²) in [5.41, 5.74) is 6.41. The third-order valence-corrected chi connectivity index (χ3v) is 7.77. The molecule has 3 aromatic carbocycles. The fraction of sp³-hybridized carbons (Fsp3) is 0.222. The van der Waals surface area contributed by atoms with Crippen molar-refractivity contribution >= 4 is 56.5 Å². The molecule has 2 amide bonds. The molecular formula is C27H27N3O2S2. The van der Waals surface area contributed by atoms with E-state index in [1.807, 2.05) is 55.5 Å². The minimum atomic E-state index is -0.132. The minimum absolute atomic E-state index is 0.0361. The summed E-state index contributed by atoms with van der Waals surface area (Å²) in [5.74, 6) is 0.121. The molecule has 0 atom stereocenters. The number of amides is 2. The molecule has 0 aliphatic heterocycles. The second-order valence-corrected chi connectivity index (χ2v) is 10.2. The molecule has 4 aromatic rings. The molecule has 0 bridgehead atoms. The van der Waals surface area contributed by atoms with Crippen LogP contribution in [-0.4, -0.2) is 22.6 Å². The smallest absolute Gasteiger partial charge is 0.255 e. The number of carbonyl (C=O) groups excluding carboxylic acids is 2. The van der Waals surface area contributed by atoms with E-state index in [1.165, 1.54) is 23.1 Å².